The maximum atomic E-state index is 10.9. The maximum absolute atomic E-state index is 10.9. The van der Waals surface area contributed by atoms with Crippen LogP contribution in [-0.4, -0.2) is 9.13 Å². The average Bonchev–Trinajstić information content (AvgIpc) is 4.00. The molecule has 8 aromatic carbocycles. The molecule has 0 unspecified atom stereocenters. The van der Waals surface area contributed by atoms with Gasteiger partial charge in [0.05, 0.1) is 56.7 Å². The zero-order valence-corrected chi connectivity index (χ0v) is 30.5. The third-order valence-electron chi connectivity index (χ3n) is 11.6. The second-order valence-corrected chi connectivity index (χ2v) is 14.8. The summed E-state index contributed by atoms with van der Waals surface area (Å²) in [7, 11) is 0. The summed E-state index contributed by atoms with van der Waals surface area (Å²) in [4.78, 5) is 0. The van der Waals surface area contributed by atoms with Gasteiger partial charge in [0.15, 0.2) is 11.2 Å². The molecule has 4 aromatic heterocycles. The number of aromatic nitrogens is 2. The van der Waals surface area contributed by atoms with Gasteiger partial charge in [0, 0.05) is 48.7 Å². The lowest BCUT2D eigenvalue weighted by Gasteiger charge is -2.21. The highest BCUT2D eigenvalue weighted by Gasteiger charge is 2.27. The first-order chi connectivity index (χ1) is 28.1. The van der Waals surface area contributed by atoms with Crippen molar-refractivity contribution in [3.63, 3.8) is 0 Å². The molecule has 0 spiro atoms. The van der Waals surface area contributed by atoms with Crippen LogP contribution in [0.25, 0.3) is 110 Å². The minimum atomic E-state index is 0.488. The van der Waals surface area contributed by atoms with E-state index in [4.69, 9.17) is 8.83 Å². The van der Waals surface area contributed by atoms with E-state index in [-0.39, 0.29) is 0 Å². The standard InChI is InChI=1S/C51H28N4O2/c1-29-22-30(27-52)24-32(23-29)47-43(54-41-14-6-2-10-33(41)37-18-20-39-35-12-4-8-16-45(35)56-50(39)48(37)54)25-31(28-53)26-44(47)55-42-15-7-3-11-34(42)38-19-21-40-36-13-5-9-17-46(36)57-51(40)49(38)55/h2-26H,1H3. The van der Waals surface area contributed by atoms with Gasteiger partial charge in [-0.15, -0.1) is 0 Å². The van der Waals surface area contributed by atoms with Crippen LogP contribution < -0.4 is 0 Å². The lowest BCUT2D eigenvalue weighted by atomic mass is 9.95. The normalized spacial score (nSPS) is 11.9. The average molecular weight is 729 g/mol. The molecule has 4 heterocycles. The van der Waals surface area contributed by atoms with Crippen LogP contribution in [-0.2, 0) is 0 Å². The van der Waals surface area contributed by atoms with Crippen molar-refractivity contribution in [2.24, 2.45) is 0 Å². The minimum Gasteiger partial charge on any atom is -0.454 e. The Balaban J connectivity index is 1.33. The highest BCUT2D eigenvalue weighted by molar-refractivity contribution is 6.23. The summed E-state index contributed by atoms with van der Waals surface area (Å²) in [5.74, 6) is 0. The Bertz CT molecular complexity index is 3590. The Morgan fingerprint density at radius 3 is 1.39 bits per heavy atom. The van der Waals surface area contributed by atoms with Gasteiger partial charge >= 0.3 is 0 Å². The van der Waals surface area contributed by atoms with Crippen LogP contribution in [0, 0.1) is 29.6 Å². The first kappa shape index (κ1) is 31.3. The van der Waals surface area contributed by atoms with Gasteiger partial charge in [-0.25, -0.2) is 0 Å². The first-order valence-corrected chi connectivity index (χ1v) is 18.9. The van der Waals surface area contributed by atoms with E-state index in [1.165, 1.54) is 0 Å². The Kier molecular flexibility index (Phi) is 6.30. The largest absolute Gasteiger partial charge is 0.454 e. The molecule has 0 amide bonds. The molecule has 0 radical (unpaired) electrons. The fourth-order valence-electron chi connectivity index (χ4n) is 9.28. The number of fused-ring (bicyclic) bond motifs is 14. The fraction of sp³-hybridized carbons (Fsp3) is 0.0196. The number of hydrogen-bond donors (Lipinski definition) is 0. The van der Waals surface area contributed by atoms with E-state index in [1.54, 1.807) is 0 Å². The minimum absolute atomic E-state index is 0.488. The molecular weight excluding hydrogens is 701 g/mol. The number of para-hydroxylation sites is 4. The van der Waals surface area contributed by atoms with Crippen LogP contribution in [0.2, 0.25) is 0 Å². The molecular formula is C51H28N4O2. The van der Waals surface area contributed by atoms with E-state index in [0.717, 1.165) is 116 Å². The maximum Gasteiger partial charge on any atom is 0.160 e. The van der Waals surface area contributed by atoms with Gasteiger partial charge in [-0.2, -0.15) is 10.5 Å². The molecule has 0 saturated carbocycles. The van der Waals surface area contributed by atoms with Gasteiger partial charge in [-0.3, -0.25) is 0 Å². The molecule has 57 heavy (non-hydrogen) atoms. The molecule has 12 aromatic rings. The second kappa shape index (κ2) is 11.5. The zero-order chi connectivity index (χ0) is 37.9. The van der Waals surface area contributed by atoms with E-state index >= 15 is 0 Å². The molecule has 0 aliphatic carbocycles. The molecule has 0 aliphatic heterocycles. The summed E-state index contributed by atoms with van der Waals surface area (Å²) in [6, 6.07) is 56.5. The number of nitriles is 2. The zero-order valence-electron chi connectivity index (χ0n) is 30.5. The number of benzene rings is 8. The molecule has 12 rings (SSSR count). The molecule has 264 valence electrons. The summed E-state index contributed by atoms with van der Waals surface area (Å²) < 4.78 is 18.0. The highest BCUT2D eigenvalue weighted by atomic mass is 16.3. The monoisotopic (exact) mass is 728 g/mol. The molecule has 0 fully saturated rings. The predicted molar refractivity (Wildman–Crippen MR) is 229 cm³/mol. The lowest BCUT2D eigenvalue weighted by Crippen LogP contribution is -2.05. The van der Waals surface area contributed by atoms with Gasteiger partial charge < -0.3 is 18.0 Å². The van der Waals surface area contributed by atoms with Crippen LogP contribution >= 0.6 is 0 Å². The molecule has 6 nitrogen and oxygen atoms in total. The third kappa shape index (κ3) is 4.27. The summed E-state index contributed by atoms with van der Waals surface area (Å²) in [6.45, 7) is 2.02. The fourth-order valence-corrected chi connectivity index (χ4v) is 9.28. The van der Waals surface area contributed by atoms with Crippen molar-refractivity contribution in [3.05, 3.63) is 168 Å². The van der Waals surface area contributed by atoms with Gasteiger partial charge in [-0.1, -0.05) is 91.0 Å². The van der Waals surface area contributed by atoms with Crippen LogP contribution in [0.5, 0.6) is 0 Å². The second-order valence-electron chi connectivity index (χ2n) is 14.8. The molecule has 0 bridgehead atoms. The van der Waals surface area contributed by atoms with Crippen LogP contribution in [0.3, 0.4) is 0 Å². The molecule has 0 N–H and O–H groups in total. The SMILES string of the molecule is Cc1cc(C#N)cc(-c2c(-n3c4ccccc4c4ccc5c6ccccc6oc5c43)cc(C#N)cc2-n2c3ccccc3c3ccc4c5ccccc5oc4c32)c1. The Hall–Kier alpha value is -8.06. The number of rotatable bonds is 3. The Labute approximate surface area is 324 Å². The van der Waals surface area contributed by atoms with E-state index in [9.17, 15) is 10.5 Å². The summed E-state index contributed by atoms with van der Waals surface area (Å²) in [6.07, 6.45) is 0. The van der Waals surface area contributed by atoms with E-state index in [1.807, 2.05) is 79.7 Å². The van der Waals surface area contributed by atoms with Crippen molar-refractivity contribution in [1.82, 2.24) is 9.13 Å². The van der Waals surface area contributed by atoms with Crippen molar-refractivity contribution in [2.75, 3.05) is 0 Å². The van der Waals surface area contributed by atoms with Crippen molar-refractivity contribution >= 4 is 87.5 Å². The van der Waals surface area contributed by atoms with Gasteiger partial charge in [0.2, 0.25) is 0 Å². The van der Waals surface area contributed by atoms with Crippen molar-refractivity contribution in [2.45, 2.75) is 6.92 Å². The smallest absolute Gasteiger partial charge is 0.160 e. The summed E-state index contributed by atoms with van der Waals surface area (Å²) >= 11 is 0. The van der Waals surface area contributed by atoms with Crippen molar-refractivity contribution in [3.8, 4) is 34.6 Å². The molecule has 0 aliphatic rings. The van der Waals surface area contributed by atoms with Gasteiger partial charge in [-0.05, 0) is 78.7 Å². The number of furan rings is 2. The highest BCUT2D eigenvalue weighted by Crippen LogP contribution is 2.47. The van der Waals surface area contributed by atoms with Crippen LogP contribution in [0.15, 0.2) is 160 Å². The van der Waals surface area contributed by atoms with Crippen molar-refractivity contribution < 1.29 is 8.83 Å². The number of aryl methyl sites for hydroxylation is 1. The number of hydrogen-bond acceptors (Lipinski definition) is 4. The third-order valence-corrected chi connectivity index (χ3v) is 11.6. The van der Waals surface area contributed by atoms with E-state index in [0.29, 0.717) is 11.1 Å². The quantitative estimate of drug-likeness (QED) is 0.181. The lowest BCUT2D eigenvalue weighted by molar-refractivity contribution is 0.671. The van der Waals surface area contributed by atoms with Gasteiger partial charge in [0.1, 0.15) is 11.2 Å². The Morgan fingerprint density at radius 1 is 0.439 bits per heavy atom. The van der Waals surface area contributed by atoms with Gasteiger partial charge in [0.25, 0.3) is 0 Å². The topological polar surface area (TPSA) is 83.7 Å². The van der Waals surface area contributed by atoms with E-state index in [2.05, 4.69) is 100 Å². The molecule has 0 atom stereocenters. The van der Waals surface area contributed by atoms with Crippen molar-refractivity contribution in [1.29, 1.82) is 10.5 Å². The van der Waals surface area contributed by atoms with E-state index < -0.39 is 0 Å². The number of nitrogens with zero attached hydrogens (tertiary/aromatic N) is 4. The molecule has 0 saturated heterocycles. The first-order valence-electron chi connectivity index (χ1n) is 18.9. The summed E-state index contributed by atoms with van der Waals surface area (Å²) in [5, 5.41) is 29.5. The van der Waals surface area contributed by atoms with Crippen LogP contribution in [0.1, 0.15) is 16.7 Å². The summed E-state index contributed by atoms with van der Waals surface area (Å²) in [5.41, 5.74) is 12.2. The predicted octanol–water partition coefficient (Wildman–Crippen LogP) is 13.4. The molecule has 6 heteroatoms. The van der Waals surface area contributed by atoms with Crippen LogP contribution in [0.4, 0.5) is 0 Å². The Morgan fingerprint density at radius 2 is 0.877 bits per heavy atom.